The van der Waals surface area contributed by atoms with Gasteiger partial charge in [-0.15, -0.1) is 0 Å². The third kappa shape index (κ3) is 1.21. The lowest BCUT2D eigenvalue weighted by Crippen LogP contribution is -2.44. The fourth-order valence-corrected chi connectivity index (χ4v) is 2.64. The Morgan fingerprint density at radius 1 is 1.53 bits per heavy atom. The van der Waals surface area contributed by atoms with Crippen molar-refractivity contribution in [3.63, 3.8) is 0 Å². The average molecular weight is 206 g/mol. The van der Waals surface area contributed by atoms with Crippen molar-refractivity contribution >= 4 is 5.69 Å². The summed E-state index contributed by atoms with van der Waals surface area (Å²) in [6.45, 7) is 0.836. The van der Waals surface area contributed by atoms with Crippen molar-refractivity contribution in [1.82, 2.24) is 4.57 Å². The van der Waals surface area contributed by atoms with Crippen LogP contribution in [0, 0.1) is 5.92 Å². The van der Waals surface area contributed by atoms with Crippen LogP contribution < -0.4 is 11.3 Å². The number of fused-ring (bicyclic) bond motifs is 1. The van der Waals surface area contributed by atoms with E-state index >= 15 is 0 Å². The van der Waals surface area contributed by atoms with Crippen molar-refractivity contribution in [3.8, 4) is 0 Å². The zero-order valence-corrected chi connectivity index (χ0v) is 8.43. The number of aromatic nitrogens is 1. The van der Waals surface area contributed by atoms with Gasteiger partial charge in [0.05, 0.1) is 17.8 Å². The Morgan fingerprint density at radius 3 is 3.20 bits per heavy atom. The molecule has 1 saturated carbocycles. The number of nitrogens with two attached hydrogens (primary N) is 1. The Kier molecular flexibility index (Phi) is 1.85. The third-order valence-electron chi connectivity index (χ3n) is 3.55. The van der Waals surface area contributed by atoms with Crippen LogP contribution in [-0.2, 0) is 4.74 Å². The third-order valence-corrected chi connectivity index (χ3v) is 3.55. The molecule has 0 amide bonds. The van der Waals surface area contributed by atoms with Crippen LogP contribution in [0.15, 0.2) is 23.1 Å². The second-order valence-corrected chi connectivity index (χ2v) is 4.36. The molecule has 80 valence electrons. The Balaban J connectivity index is 1.94. The van der Waals surface area contributed by atoms with Gasteiger partial charge in [-0.1, -0.05) is 0 Å². The molecule has 1 aromatic rings. The van der Waals surface area contributed by atoms with Crippen molar-refractivity contribution in [1.29, 1.82) is 0 Å². The van der Waals surface area contributed by atoms with E-state index in [1.807, 2.05) is 6.07 Å². The van der Waals surface area contributed by atoms with E-state index in [1.54, 1.807) is 16.8 Å². The second-order valence-electron chi connectivity index (χ2n) is 4.36. The number of rotatable bonds is 1. The molecule has 3 atom stereocenters. The molecule has 4 nitrogen and oxygen atoms in total. The van der Waals surface area contributed by atoms with Gasteiger partial charge in [-0.3, -0.25) is 4.79 Å². The SMILES string of the molecule is Nc1cccn([C@@H]2C[C@H]3CCO[C@H]32)c1=O. The molecule has 0 aromatic carbocycles. The van der Waals surface area contributed by atoms with E-state index in [0.717, 1.165) is 19.4 Å². The summed E-state index contributed by atoms with van der Waals surface area (Å²) >= 11 is 0. The van der Waals surface area contributed by atoms with E-state index in [1.165, 1.54) is 0 Å². The van der Waals surface area contributed by atoms with E-state index in [4.69, 9.17) is 10.5 Å². The fourth-order valence-electron chi connectivity index (χ4n) is 2.64. The molecule has 0 unspecified atom stereocenters. The highest BCUT2D eigenvalue weighted by Crippen LogP contribution is 2.45. The summed E-state index contributed by atoms with van der Waals surface area (Å²) in [4.78, 5) is 11.8. The van der Waals surface area contributed by atoms with Crippen molar-refractivity contribution in [2.75, 3.05) is 12.3 Å². The minimum atomic E-state index is -0.0866. The van der Waals surface area contributed by atoms with E-state index in [2.05, 4.69) is 0 Å². The molecule has 2 fully saturated rings. The normalized spacial score (nSPS) is 33.5. The van der Waals surface area contributed by atoms with Gasteiger partial charge >= 0.3 is 0 Å². The number of ether oxygens (including phenoxy) is 1. The lowest BCUT2D eigenvalue weighted by Gasteiger charge is -2.39. The van der Waals surface area contributed by atoms with Crippen LogP contribution in [0.1, 0.15) is 18.9 Å². The van der Waals surface area contributed by atoms with Crippen LogP contribution in [0.4, 0.5) is 5.69 Å². The molecule has 2 heterocycles. The van der Waals surface area contributed by atoms with Gasteiger partial charge in [-0.25, -0.2) is 0 Å². The standard InChI is InChI=1S/C11H14N2O2/c12-8-2-1-4-13(11(8)14)9-6-7-3-5-15-10(7)9/h1-2,4,7,9-10H,3,5-6,12H2/t7-,9-,10-/m1/s1. The molecule has 0 spiro atoms. The Bertz CT molecular complexity index is 440. The topological polar surface area (TPSA) is 57.2 Å². The first-order valence-electron chi connectivity index (χ1n) is 5.35. The summed E-state index contributed by atoms with van der Waals surface area (Å²) in [5, 5.41) is 0. The summed E-state index contributed by atoms with van der Waals surface area (Å²) < 4.78 is 7.34. The number of hydrogen-bond donors (Lipinski definition) is 1. The van der Waals surface area contributed by atoms with Gasteiger partial charge in [0.1, 0.15) is 0 Å². The van der Waals surface area contributed by atoms with E-state index in [0.29, 0.717) is 11.6 Å². The molecule has 1 aromatic heterocycles. The predicted octanol–water partition coefficient (Wildman–Crippen LogP) is 0.780. The van der Waals surface area contributed by atoms with Gasteiger partial charge in [0.2, 0.25) is 0 Å². The van der Waals surface area contributed by atoms with Gasteiger partial charge in [-0.05, 0) is 30.9 Å². The van der Waals surface area contributed by atoms with Crippen molar-refractivity contribution in [2.45, 2.75) is 25.0 Å². The Morgan fingerprint density at radius 2 is 2.40 bits per heavy atom. The zero-order chi connectivity index (χ0) is 10.4. The molecule has 1 aliphatic carbocycles. The minimum Gasteiger partial charge on any atom is -0.394 e. The second kappa shape index (κ2) is 3.10. The average Bonchev–Trinajstić information content (AvgIpc) is 2.55. The lowest BCUT2D eigenvalue weighted by molar-refractivity contribution is -0.0195. The van der Waals surface area contributed by atoms with Crippen molar-refractivity contribution in [3.05, 3.63) is 28.7 Å². The summed E-state index contributed by atoms with van der Waals surface area (Å²) in [5.41, 5.74) is 5.83. The van der Waals surface area contributed by atoms with Crippen LogP contribution in [0.2, 0.25) is 0 Å². The van der Waals surface area contributed by atoms with Crippen LogP contribution in [-0.4, -0.2) is 17.3 Å². The van der Waals surface area contributed by atoms with E-state index in [9.17, 15) is 4.79 Å². The molecule has 1 aliphatic heterocycles. The van der Waals surface area contributed by atoms with Gasteiger partial charge in [0.15, 0.2) is 0 Å². The van der Waals surface area contributed by atoms with E-state index < -0.39 is 0 Å². The monoisotopic (exact) mass is 206 g/mol. The van der Waals surface area contributed by atoms with Crippen LogP contribution in [0.25, 0.3) is 0 Å². The van der Waals surface area contributed by atoms with Gasteiger partial charge in [-0.2, -0.15) is 0 Å². The molecule has 1 saturated heterocycles. The maximum Gasteiger partial charge on any atom is 0.274 e. The van der Waals surface area contributed by atoms with Gasteiger partial charge < -0.3 is 15.0 Å². The molecule has 2 N–H and O–H groups in total. The summed E-state index contributed by atoms with van der Waals surface area (Å²) in [6.07, 6.45) is 4.23. The largest absolute Gasteiger partial charge is 0.394 e. The fraction of sp³-hybridized carbons (Fsp3) is 0.545. The number of anilines is 1. The molecule has 4 heteroatoms. The maximum absolute atomic E-state index is 11.8. The first kappa shape index (κ1) is 8.97. The predicted molar refractivity (Wildman–Crippen MR) is 56.6 cm³/mol. The summed E-state index contributed by atoms with van der Waals surface area (Å²) in [7, 11) is 0. The Labute approximate surface area is 87.7 Å². The smallest absolute Gasteiger partial charge is 0.274 e. The van der Waals surface area contributed by atoms with Crippen LogP contribution in [0.5, 0.6) is 0 Å². The molecule has 3 rings (SSSR count). The first-order chi connectivity index (χ1) is 7.27. The number of nitrogen functional groups attached to an aromatic ring is 1. The number of nitrogens with zero attached hydrogens (tertiary/aromatic N) is 1. The number of pyridine rings is 1. The highest BCUT2D eigenvalue weighted by Gasteiger charge is 2.46. The van der Waals surface area contributed by atoms with E-state index in [-0.39, 0.29) is 17.7 Å². The molecule has 2 aliphatic rings. The maximum atomic E-state index is 11.8. The molecule has 0 radical (unpaired) electrons. The minimum absolute atomic E-state index is 0.0866. The van der Waals surface area contributed by atoms with Crippen molar-refractivity contribution in [2.24, 2.45) is 5.92 Å². The molecular formula is C11H14N2O2. The number of hydrogen-bond acceptors (Lipinski definition) is 3. The van der Waals surface area contributed by atoms with Gasteiger partial charge in [0, 0.05) is 12.8 Å². The first-order valence-corrected chi connectivity index (χ1v) is 5.35. The molecule has 15 heavy (non-hydrogen) atoms. The van der Waals surface area contributed by atoms with Crippen LogP contribution >= 0.6 is 0 Å². The highest BCUT2D eigenvalue weighted by molar-refractivity contribution is 5.34. The van der Waals surface area contributed by atoms with Crippen molar-refractivity contribution < 1.29 is 4.74 Å². The molecule has 0 bridgehead atoms. The van der Waals surface area contributed by atoms with Gasteiger partial charge in [0.25, 0.3) is 5.56 Å². The Hall–Kier alpha value is -1.29. The quantitative estimate of drug-likeness (QED) is 0.738. The lowest BCUT2D eigenvalue weighted by atomic mass is 9.76. The zero-order valence-electron chi connectivity index (χ0n) is 8.43. The van der Waals surface area contributed by atoms with Crippen LogP contribution in [0.3, 0.4) is 0 Å². The highest BCUT2D eigenvalue weighted by atomic mass is 16.5. The molecular weight excluding hydrogens is 192 g/mol. The summed E-state index contributed by atoms with van der Waals surface area (Å²) in [5.74, 6) is 0.656. The summed E-state index contributed by atoms with van der Waals surface area (Å²) in [6, 6.07) is 3.66.